The second-order valence-corrected chi connectivity index (χ2v) is 6.66. The zero-order valence-electron chi connectivity index (χ0n) is 17.5. The van der Waals surface area contributed by atoms with Crippen LogP contribution in [0.5, 0.6) is 0 Å². The van der Waals surface area contributed by atoms with Gasteiger partial charge < -0.3 is 29.9 Å². The number of carbonyl (C=O) groups is 3. The van der Waals surface area contributed by atoms with E-state index in [2.05, 4.69) is 11.9 Å². The largest absolute Gasteiger partial charge is 1.00 e. The molecule has 0 aromatic carbocycles. The van der Waals surface area contributed by atoms with Crippen molar-refractivity contribution in [3.05, 3.63) is 12.7 Å². The average molecular weight is 426 g/mol. The zero-order valence-corrected chi connectivity index (χ0v) is 20.6. The van der Waals surface area contributed by atoms with Gasteiger partial charge in [0.05, 0.1) is 25.7 Å². The molecule has 0 bridgehead atoms. The molecule has 9 heteroatoms. The fourth-order valence-electron chi connectivity index (χ4n) is 3.70. The molecule has 0 aliphatic rings. The molecule has 3 atom stereocenters. The van der Waals surface area contributed by atoms with Crippen LogP contribution < -0.4 is 61.8 Å². The number of carboxylic acid groups (broad SMARTS) is 2. The van der Waals surface area contributed by atoms with E-state index < -0.39 is 24.0 Å². The van der Waals surface area contributed by atoms with Gasteiger partial charge in [-0.05, 0) is 19.3 Å². The molecule has 0 rings (SSSR count). The zero-order chi connectivity index (χ0) is 20.9. The number of aliphatic hydroxyl groups is 1. The van der Waals surface area contributed by atoms with Crippen LogP contribution in [0, 0.1) is 0 Å². The van der Waals surface area contributed by atoms with Crippen LogP contribution in [0.25, 0.3) is 0 Å². The van der Waals surface area contributed by atoms with E-state index in [0.29, 0.717) is 6.42 Å². The second kappa shape index (κ2) is 16.5. The number of nitrogens with one attached hydrogen (secondary N) is 1. The van der Waals surface area contributed by atoms with Crippen LogP contribution in [-0.2, 0) is 14.4 Å². The van der Waals surface area contributed by atoms with Crippen molar-refractivity contribution in [2.45, 2.75) is 64.5 Å². The van der Waals surface area contributed by atoms with Crippen molar-refractivity contribution in [3.8, 4) is 0 Å². The van der Waals surface area contributed by atoms with Gasteiger partial charge in [-0.15, -0.1) is 6.58 Å². The standard InChI is InChI=1S/C19H34N2O6.K/c1-4-7-8-9-10-17(23)20-11-12-21(13-14-22,15(5-2)18(24)25)16(6-3)19(26)27;/h4,15-16,22H,1,5-14H2,2-3H3,(H2-,20,23,24,25,26,27);/q;+1. The van der Waals surface area contributed by atoms with Gasteiger partial charge in [0.15, 0.2) is 6.04 Å². The van der Waals surface area contributed by atoms with Gasteiger partial charge in [-0.2, -0.15) is 0 Å². The SMILES string of the molecule is C=CCCCCC(=O)NCC[N+](CCO)(C(CC)C(=O)[O-])C(CC)C(=O)O.[K+]. The van der Waals surface area contributed by atoms with E-state index in [-0.39, 0.29) is 101 Å². The number of allylic oxidation sites excluding steroid dienone is 1. The van der Waals surface area contributed by atoms with Crippen molar-refractivity contribution in [1.29, 1.82) is 0 Å². The van der Waals surface area contributed by atoms with Gasteiger partial charge in [0.25, 0.3) is 0 Å². The van der Waals surface area contributed by atoms with Gasteiger partial charge in [0, 0.05) is 19.3 Å². The Balaban J connectivity index is 0. The Morgan fingerprint density at radius 2 is 1.75 bits per heavy atom. The number of amides is 1. The molecule has 0 aromatic heterocycles. The molecular formula is C19H34KN2O6+. The van der Waals surface area contributed by atoms with E-state index in [1.165, 1.54) is 0 Å². The molecule has 0 saturated carbocycles. The van der Waals surface area contributed by atoms with E-state index in [4.69, 9.17) is 0 Å². The monoisotopic (exact) mass is 425 g/mol. The Kier molecular flexibility index (Phi) is 17.6. The third-order valence-electron chi connectivity index (χ3n) is 5.00. The molecular weight excluding hydrogens is 391 g/mol. The average Bonchev–Trinajstić information content (AvgIpc) is 2.59. The van der Waals surface area contributed by atoms with Crippen LogP contribution in [-0.4, -0.2) is 70.9 Å². The van der Waals surface area contributed by atoms with E-state index in [9.17, 15) is 29.7 Å². The molecule has 3 N–H and O–H groups in total. The van der Waals surface area contributed by atoms with Crippen LogP contribution >= 0.6 is 0 Å². The quantitative estimate of drug-likeness (QED) is 0.105. The predicted octanol–water partition coefficient (Wildman–Crippen LogP) is -2.95. The molecule has 0 spiro atoms. The Bertz CT molecular complexity index is 479. The number of hydrogen-bond donors (Lipinski definition) is 3. The summed E-state index contributed by atoms with van der Waals surface area (Å²) < 4.78 is -0.349. The van der Waals surface area contributed by atoms with Crippen LogP contribution in [0.15, 0.2) is 12.7 Å². The number of unbranched alkanes of at least 4 members (excludes halogenated alkanes) is 2. The molecule has 0 heterocycles. The molecule has 156 valence electrons. The third kappa shape index (κ3) is 9.47. The molecule has 28 heavy (non-hydrogen) atoms. The van der Waals surface area contributed by atoms with Crippen molar-refractivity contribution in [1.82, 2.24) is 5.32 Å². The fraction of sp³-hybridized carbons (Fsp3) is 0.737. The summed E-state index contributed by atoms with van der Waals surface area (Å²) in [6.07, 6.45) is 4.93. The molecule has 0 aromatic rings. The van der Waals surface area contributed by atoms with Gasteiger partial charge in [-0.1, -0.05) is 19.9 Å². The summed E-state index contributed by atoms with van der Waals surface area (Å²) in [7, 11) is 0. The first-order valence-electron chi connectivity index (χ1n) is 9.59. The van der Waals surface area contributed by atoms with Gasteiger partial charge >= 0.3 is 57.4 Å². The van der Waals surface area contributed by atoms with Crippen molar-refractivity contribution < 1.29 is 85.6 Å². The first kappa shape index (κ1) is 29.9. The molecule has 0 saturated heterocycles. The number of nitrogens with zero attached hydrogens (tertiary/aromatic N) is 1. The summed E-state index contributed by atoms with van der Waals surface area (Å²) in [5.74, 6) is -2.63. The van der Waals surface area contributed by atoms with Crippen LogP contribution in [0.3, 0.4) is 0 Å². The predicted molar refractivity (Wildman–Crippen MR) is 99.6 cm³/mol. The minimum atomic E-state index is -1.35. The Morgan fingerprint density at radius 3 is 2.18 bits per heavy atom. The van der Waals surface area contributed by atoms with E-state index in [1.54, 1.807) is 19.9 Å². The summed E-state index contributed by atoms with van der Waals surface area (Å²) in [5, 5.41) is 33.6. The second-order valence-electron chi connectivity index (χ2n) is 6.66. The van der Waals surface area contributed by atoms with E-state index in [1.807, 2.05) is 0 Å². The minimum Gasteiger partial charge on any atom is -0.544 e. The Hall–Kier alpha value is -0.294. The Morgan fingerprint density at radius 1 is 1.14 bits per heavy atom. The van der Waals surface area contributed by atoms with E-state index in [0.717, 1.165) is 19.3 Å². The van der Waals surface area contributed by atoms with Crippen molar-refractivity contribution in [2.75, 3.05) is 26.2 Å². The minimum absolute atomic E-state index is 0. The fourth-order valence-corrected chi connectivity index (χ4v) is 3.70. The normalized spacial score (nSPS) is 14.8. The summed E-state index contributed by atoms with van der Waals surface area (Å²) >= 11 is 0. The summed E-state index contributed by atoms with van der Waals surface area (Å²) in [5.41, 5.74) is 0. The van der Waals surface area contributed by atoms with Gasteiger partial charge in [0.1, 0.15) is 12.6 Å². The first-order valence-corrected chi connectivity index (χ1v) is 9.59. The number of hydrogen-bond acceptors (Lipinski definition) is 5. The number of carboxylic acids is 2. The van der Waals surface area contributed by atoms with E-state index >= 15 is 0 Å². The van der Waals surface area contributed by atoms with Crippen molar-refractivity contribution in [3.63, 3.8) is 0 Å². The molecule has 1 amide bonds. The molecule has 8 nitrogen and oxygen atoms in total. The Labute approximate surface area is 210 Å². The molecule has 0 aliphatic carbocycles. The molecule has 0 fully saturated rings. The van der Waals surface area contributed by atoms with Crippen LogP contribution in [0.2, 0.25) is 0 Å². The van der Waals surface area contributed by atoms with Crippen molar-refractivity contribution in [2.24, 2.45) is 0 Å². The topological polar surface area (TPSA) is 127 Å². The molecule has 0 aliphatic heterocycles. The number of aliphatic carboxylic acids is 2. The summed E-state index contributed by atoms with van der Waals surface area (Å²) in [6, 6.07) is -2.09. The maximum absolute atomic E-state index is 12.0. The number of carbonyl (C=O) groups excluding carboxylic acids is 2. The summed E-state index contributed by atoms with van der Waals surface area (Å²) in [4.78, 5) is 35.4. The van der Waals surface area contributed by atoms with Gasteiger partial charge in [0.2, 0.25) is 5.91 Å². The van der Waals surface area contributed by atoms with Gasteiger partial charge in [-0.25, -0.2) is 4.79 Å². The molecule has 3 unspecified atom stereocenters. The number of aliphatic hydroxyl groups excluding tert-OH is 1. The maximum Gasteiger partial charge on any atom is 1.00 e. The van der Waals surface area contributed by atoms with Crippen LogP contribution in [0.4, 0.5) is 0 Å². The molecule has 0 radical (unpaired) electrons. The first-order chi connectivity index (χ1) is 12.8. The van der Waals surface area contributed by atoms with Gasteiger partial charge in [-0.3, -0.25) is 4.79 Å². The summed E-state index contributed by atoms with van der Waals surface area (Å²) in [6.45, 7) is 6.78. The number of quaternary nitrogens is 1. The van der Waals surface area contributed by atoms with Crippen molar-refractivity contribution >= 4 is 17.8 Å². The third-order valence-corrected chi connectivity index (χ3v) is 5.00. The smallest absolute Gasteiger partial charge is 0.544 e. The van der Waals surface area contributed by atoms with Crippen LogP contribution in [0.1, 0.15) is 52.4 Å². The number of rotatable bonds is 16. The maximum atomic E-state index is 12.0.